The highest BCUT2D eigenvalue weighted by Crippen LogP contribution is 2.08. The molecule has 0 unspecified atom stereocenters. The van der Waals surface area contributed by atoms with E-state index < -0.39 is 0 Å². The molecule has 1 saturated heterocycles. The van der Waals surface area contributed by atoms with Gasteiger partial charge in [0.25, 0.3) is 5.91 Å². The monoisotopic (exact) mass is 272 g/mol. The van der Waals surface area contributed by atoms with Crippen LogP contribution in [-0.2, 0) is 0 Å². The molecule has 1 fully saturated rings. The molecule has 1 aliphatic heterocycles. The number of benzene rings is 1. The van der Waals surface area contributed by atoms with Crippen molar-refractivity contribution in [3.8, 4) is 11.8 Å². The SMILES string of the molecule is O=C(NN1CCCCC1)c1cccc(C#CCCO)c1. The van der Waals surface area contributed by atoms with E-state index in [0.29, 0.717) is 12.0 Å². The van der Waals surface area contributed by atoms with Crippen molar-refractivity contribution in [2.24, 2.45) is 0 Å². The fourth-order valence-corrected chi connectivity index (χ4v) is 2.17. The number of hydrazine groups is 1. The number of aliphatic hydroxyl groups is 1. The van der Waals surface area contributed by atoms with Gasteiger partial charge in [0.2, 0.25) is 0 Å². The van der Waals surface area contributed by atoms with Gasteiger partial charge in [-0.1, -0.05) is 24.3 Å². The fraction of sp³-hybridized carbons (Fsp3) is 0.438. The highest BCUT2D eigenvalue weighted by molar-refractivity contribution is 5.94. The number of nitrogens with zero attached hydrogens (tertiary/aromatic N) is 1. The molecule has 0 spiro atoms. The highest BCUT2D eigenvalue weighted by Gasteiger charge is 2.13. The van der Waals surface area contributed by atoms with Crippen LogP contribution in [0.4, 0.5) is 0 Å². The third-order valence-electron chi connectivity index (χ3n) is 3.21. The third kappa shape index (κ3) is 4.37. The van der Waals surface area contributed by atoms with E-state index in [1.807, 2.05) is 17.1 Å². The van der Waals surface area contributed by atoms with Gasteiger partial charge >= 0.3 is 0 Å². The number of carbonyl (C=O) groups is 1. The molecule has 0 bridgehead atoms. The summed E-state index contributed by atoms with van der Waals surface area (Å²) in [5, 5.41) is 10.7. The lowest BCUT2D eigenvalue weighted by Crippen LogP contribution is -2.45. The average molecular weight is 272 g/mol. The molecule has 2 rings (SSSR count). The molecular weight excluding hydrogens is 252 g/mol. The van der Waals surface area contributed by atoms with Gasteiger partial charge in [-0.05, 0) is 31.0 Å². The Bertz CT molecular complexity index is 511. The molecule has 1 heterocycles. The van der Waals surface area contributed by atoms with Crippen LogP contribution in [0.25, 0.3) is 0 Å². The molecule has 0 saturated carbocycles. The molecule has 1 amide bonds. The van der Waals surface area contributed by atoms with Gasteiger partial charge in [-0.2, -0.15) is 0 Å². The van der Waals surface area contributed by atoms with E-state index in [-0.39, 0.29) is 12.5 Å². The normalized spacial score (nSPS) is 15.2. The van der Waals surface area contributed by atoms with Gasteiger partial charge in [-0.25, -0.2) is 5.01 Å². The van der Waals surface area contributed by atoms with Gasteiger partial charge in [-0.3, -0.25) is 10.2 Å². The Morgan fingerprint density at radius 3 is 2.85 bits per heavy atom. The molecular formula is C16H20N2O2. The molecule has 1 aromatic carbocycles. The fourth-order valence-electron chi connectivity index (χ4n) is 2.17. The van der Waals surface area contributed by atoms with Crippen LogP contribution in [0.1, 0.15) is 41.6 Å². The van der Waals surface area contributed by atoms with E-state index in [2.05, 4.69) is 17.3 Å². The first kappa shape index (κ1) is 14.6. The quantitative estimate of drug-likeness (QED) is 0.821. The summed E-state index contributed by atoms with van der Waals surface area (Å²) >= 11 is 0. The lowest BCUT2D eigenvalue weighted by atomic mass is 10.1. The Hall–Kier alpha value is -1.83. The number of aliphatic hydroxyl groups excluding tert-OH is 1. The van der Waals surface area contributed by atoms with Gasteiger partial charge in [-0.15, -0.1) is 0 Å². The van der Waals surface area contributed by atoms with Crippen LogP contribution in [-0.4, -0.2) is 35.7 Å². The minimum absolute atomic E-state index is 0.0577. The second kappa shape index (κ2) is 7.68. The summed E-state index contributed by atoms with van der Waals surface area (Å²) in [5.74, 6) is 5.71. The highest BCUT2D eigenvalue weighted by atomic mass is 16.2. The van der Waals surface area contributed by atoms with E-state index in [4.69, 9.17) is 5.11 Å². The van der Waals surface area contributed by atoms with E-state index >= 15 is 0 Å². The van der Waals surface area contributed by atoms with Crippen LogP contribution in [0.5, 0.6) is 0 Å². The maximum Gasteiger partial charge on any atom is 0.265 e. The van der Waals surface area contributed by atoms with Crippen molar-refractivity contribution < 1.29 is 9.90 Å². The predicted molar refractivity (Wildman–Crippen MR) is 77.9 cm³/mol. The first-order valence-corrected chi connectivity index (χ1v) is 7.05. The van der Waals surface area contributed by atoms with Crippen molar-refractivity contribution in [2.75, 3.05) is 19.7 Å². The van der Waals surface area contributed by atoms with Gasteiger partial charge in [0.05, 0.1) is 6.61 Å². The second-order valence-corrected chi connectivity index (χ2v) is 4.84. The summed E-state index contributed by atoms with van der Waals surface area (Å²) in [6.45, 7) is 1.89. The van der Waals surface area contributed by atoms with Crippen LogP contribution in [0, 0.1) is 11.8 Å². The van der Waals surface area contributed by atoms with E-state index in [1.165, 1.54) is 6.42 Å². The number of hydrogen-bond acceptors (Lipinski definition) is 3. The summed E-state index contributed by atoms with van der Waals surface area (Å²) in [4.78, 5) is 12.2. The van der Waals surface area contributed by atoms with Crippen LogP contribution in [0.15, 0.2) is 24.3 Å². The zero-order valence-electron chi connectivity index (χ0n) is 11.6. The summed E-state index contributed by atoms with van der Waals surface area (Å²) in [7, 11) is 0. The minimum atomic E-state index is -0.0855. The summed E-state index contributed by atoms with van der Waals surface area (Å²) in [6, 6.07) is 7.26. The lowest BCUT2D eigenvalue weighted by molar-refractivity contribution is 0.0750. The van der Waals surface area contributed by atoms with Crippen molar-refractivity contribution in [2.45, 2.75) is 25.7 Å². The molecule has 0 atom stereocenters. The van der Waals surface area contributed by atoms with Crippen molar-refractivity contribution in [3.63, 3.8) is 0 Å². The van der Waals surface area contributed by atoms with Gasteiger partial charge in [0.1, 0.15) is 0 Å². The number of nitrogens with one attached hydrogen (secondary N) is 1. The van der Waals surface area contributed by atoms with Gasteiger partial charge in [0.15, 0.2) is 0 Å². The molecule has 4 nitrogen and oxygen atoms in total. The van der Waals surface area contributed by atoms with Crippen LogP contribution >= 0.6 is 0 Å². The third-order valence-corrected chi connectivity index (χ3v) is 3.21. The Balaban J connectivity index is 1.99. The minimum Gasteiger partial charge on any atom is -0.395 e. The first-order chi connectivity index (χ1) is 9.79. The maximum absolute atomic E-state index is 12.2. The van der Waals surface area contributed by atoms with E-state index in [0.717, 1.165) is 31.5 Å². The number of carbonyl (C=O) groups excluding carboxylic acids is 1. The Labute approximate surface area is 119 Å². The van der Waals surface area contributed by atoms with Crippen molar-refractivity contribution >= 4 is 5.91 Å². The average Bonchev–Trinajstić information content (AvgIpc) is 2.49. The second-order valence-electron chi connectivity index (χ2n) is 4.84. The Morgan fingerprint density at radius 2 is 2.10 bits per heavy atom. The van der Waals surface area contributed by atoms with E-state index in [1.54, 1.807) is 12.1 Å². The zero-order valence-corrected chi connectivity index (χ0v) is 11.6. The van der Waals surface area contributed by atoms with Crippen molar-refractivity contribution in [1.29, 1.82) is 0 Å². The molecule has 4 heteroatoms. The molecule has 1 aliphatic rings. The van der Waals surface area contributed by atoms with Crippen molar-refractivity contribution in [3.05, 3.63) is 35.4 Å². The van der Waals surface area contributed by atoms with Gasteiger partial charge < -0.3 is 5.11 Å². The molecule has 20 heavy (non-hydrogen) atoms. The number of amides is 1. The summed E-state index contributed by atoms with van der Waals surface area (Å²) < 4.78 is 0. The topological polar surface area (TPSA) is 52.6 Å². The maximum atomic E-state index is 12.2. The summed E-state index contributed by atoms with van der Waals surface area (Å²) in [6.07, 6.45) is 3.95. The number of rotatable bonds is 3. The molecule has 1 aromatic rings. The first-order valence-electron chi connectivity index (χ1n) is 7.05. The molecule has 106 valence electrons. The Morgan fingerprint density at radius 1 is 1.30 bits per heavy atom. The largest absolute Gasteiger partial charge is 0.395 e. The van der Waals surface area contributed by atoms with Crippen LogP contribution in [0.3, 0.4) is 0 Å². The van der Waals surface area contributed by atoms with Gasteiger partial charge in [0, 0.05) is 30.6 Å². The standard InChI is InChI=1S/C16H20N2O2/c19-12-5-2-7-14-8-6-9-15(13-14)16(20)17-18-10-3-1-4-11-18/h6,8-9,13,19H,1,3-5,10-12H2,(H,17,20). The van der Waals surface area contributed by atoms with Crippen molar-refractivity contribution in [1.82, 2.24) is 10.4 Å². The zero-order chi connectivity index (χ0) is 14.2. The molecule has 2 N–H and O–H groups in total. The smallest absolute Gasteiger partial charge is 0.265 e. The summed E-state index contributed by atoms with van der Waals surface area (Å²) in [5.41, 5.74) is 4.35. The number of piperidine rings is 1. The predicted octanol–water partition coefficient (Wildman–Crippen LogP) is 1.55. The van der Waals surface area contributed by atoms with E-state index in [9.17, 15) is 4.79 Å². The molecule has 0 aliphatic carbocycles. The Kier molecular flexibility index (Phi) is 5.60. The van der Waals surface area contributed by atoms with Crippen LogP contribution in [0.2, 0.25) is 0 Å². The lowest BCUT2D eigenvalue weighted by Gasteiger charge is -2.26. The van der Waals surface area contributed by atoms with Crippen LogP contribution < -0.4 is 5.43 Å². The number of hydrogen-bond donors (Lipinski definition) is 2. The molecule has 0 aromatic heterocycles. The molecule has 0 radical (unpaired) electrons.